The highest BCUT2D eigenvalue weighted by atomic mass is 16.5. The molecule has 8 heteroatoms. The van der Waals surface area contributed by atoms with E-state index in [9.17, 15) is 4.79 Å². The monoisotopic (exact) mass is 385 g/mol. The van der Waals surface area contributed by atoms with Crippen LogP contribution >= 0.6 is 0 Å². The molecule has 3 N–H and O–H groups in total. The molecule has 148 valence electrons. The third-order valence-electron chi connectivity index (χ3n) is 4.68. The van der Waals surface area contributed by atoms with Gasteiger partial charge in [0.25, 0.3) is 5.91 Å². The molecule has 0 aliphatic carbocycles. The van der Waals surface area contributed by atoms with Crippen LogP contribution in [0.15, 0.2) is 41.4 Å². The van der Waals surface area contributed by atoms with Gasteiger partial charge in [0.1, 0.15) is 5.75 Å². The van der Waals surface area contributed by atoms with Gasteiger partial charge in [0, 0.05) is 6.42 Å². The number of guanidine groups is 1. The summed E-state index contributed by atoms with van der Waals surface area (Å²) in [5.41, 5.74) is 6.09. The SMILES string of the molecule is COc1ccc([C@]2(Cc3cc(OC)c(OC)c(OC)c3)N=C(N)NC2=O)cc1. The van der Waals surface area contributed by atoms with Crippen LogP contribution in [0.3, 0.4) is 0 Å². The summed E-state index contributed by atoms with van der Waals surface area (Å²) in [7, 11) is 6.20. The number of benzene rings is 2. The fourth-order valence-corrected chi connectivity index (χ4v) is 3.32. The van der Waals surface area contributed by atoms with Gasteiger partial charge in [0.05, 0.1) is 28.4 Å². The number of carbonyl (C=O) groups excluding carboxylic acids is 1. The van der Waals surface area contributed by atoms with E-state index in [0.717, 1.165) is 5.56 Å². The van der Waals surface area contributed by atoms with E-state index in [0.29, 0.717) is 28.6 Å². The van der Waals surface area contributed by atoms with Crippen molar-refractivity contribution in [2.75, 3.05) is 28.4 Å². The molecule has 0 radical (unpaired) electrons. The molecule has 0 bridgehead atoms. The standard InChI is InChI=1S/C20H23N3O5/c1-25-14-7-5-13(6-8-14)20(18(24)22-19(21)23-20)11-12-9-15(26-2)17(28-4)16(10-12)27-3/h5-10H,11H2,1-4H3,(H3,21,22,23,24)/t20-/m0/s1. The molecule has 0 fully saturated rings. The van der Waals surface area contributed by atoms with E-state index in [1.165, 1.54) is 7.11 Å². The molecule has 8 nitrogen and oxygen atoms in total. The number of hydrogen-bond donors (Lipinski definition) is 2. The third kappa shape index (κ3) is 3.28. The predicted octanol–water partition coefficient (Wildman–Crippen LogP) is 1.60. The normalized spacial score (nSPS) is 18.3. The molecule has 1 heterocycles. The number of carbonyl (C=O) groups is 1. The largest absolute Gasteiger partial charge is 0.497 e. The number of methoxy groups -OCH3 is 4. The van der Waals surface area contributed by atoms with Crippen LogP contribution in [0.4, 0.5) is 0 Å². The fraction of sp³-hybridized carbons (Fsp3) is 0.300. The first kappa shape index (κ1) is 19.3. The van der Waals surface area contributed by atoms with Gasteiger partial charge >= 0.3 is 0 Å². The van der Waals surface area contributed by atoms with Crippen LogP contribution in [0.5, 0.6) is 23.0 Å². The number of ether oxygens (including phenoxy) is 4. The van der Waals surface area contributed by atoms with E-state index < -0.39 is 5.54 Å². The predicted molar refractivity (Wildman–Crippen MR) is 104 cm³/mol. The Morgan fingerprint density at radius 3 is 2.00 bits per heavy atom. The van der Waals surface area contributed by atoms with Crippen molar-refractivity contribution in [3.63, 3.8) is 0 Å². The Bertz CT molecular complexity index is 886. The van der Waals surface area contributed by atoms with Crippen LogP contribution in [-0.2, 0) is 16.8 Å². The molecule has 0 unspecified atom stereocenters. The molecule has 2 aromatic rings. The number of aliphatic imine (C=N–C) groups is 1. The Morgan fingerprint density at radius 2 is 1.57 bits per heavy atom. The second-order valence-corrected chi connectivity index (χ2v) is 6.25. The first-order valence-electron chi connectivity index (χ1n) is 8.57. The second-order valence-electron chi connectivity index (χ2n) is 6.25. The molecule has 1 atom stereocenters. The van der Waals surface area contributed by atoms with Gasteiger partial charge in [0.2, 0.25) is 5.75 Å². The highest BCUT2D eigenvalue weighted by Crippen LogP contribution is 2.41. The first-order valence-corrected chi connectivity index (χ1v) is 8.57. The number of nitrogens with two attached hydrogens (primary N) is 1. The van der Waals surface area contributed by atoms with Gasteiger partial charge in [-0.05, 0) is 35.4 Å². The van der Waals surface area contributed by atoms with Crippen molar-refractivity contribution in [1.82, 2.24) is 5.32 Å². The van der Waals surface area contributed by atoms with Gasteiger partial charge in [-0.15, -0.1) is 0 Å². The third-order valence-corrected chi connectivity index (χ3v) is 4.68. The first-order chi connectivity index (χ1) is 13.5. The lowest BCUT2D eigenvalue weighted by Crippen LogP contribution is -2.40. The Balaban J connectivity index is 2.10. The molecule has 0 spiro atoms. The molecule has 2 aromatic carbocycles. The summed E-state index contributed by atoms with van der Waals surface area (Å²) in [6.45, 7) is 0. The Labute approximate surface area is 163 Å². The zero-order valence-electron chi connectivity index (χ0n) is 16.2. The van der Waals surface area contributed by atoms with Crippen molar-refractivity contribution in [3.05, 3.63) is 47.5 Å². The molecule has 0 aromatic heterocycles. The van der Waals surface area contributed by atoms with Crippen LogP contribution in [0.2, 0.25) is 0 Å². The van der Waals surface area contributed by atoms with Gasteiger partial charge < -0.3 is 24.7 Å². The lowest BCUT2D eigenvalue weighted by molar-refractivity contribution is -0.124. The van der Waals surface area contributed by atoms with Crippen LogP contribution < -0.4 is 30.0 Å². The van der Waals surface area contributed by atoms with E-state index in [-0.39, 0.29) is 18.3 Å². The summed E-state index contributed by atoms with van der Waals surface area (Å²) in [5, 5.41) is 2.61. The minimum absolute atomic E-state index is 0.0771. The van der Waals surface area contributed by atoms with Crippen molar-refractivity contribution in [3.8, 4) is 23.0 Å². The smallest absolute Gasteiger partial charge is 0.259 e. The van der Waals surface area contributed by atoms with Crippen molar-refractivity contribution in [2.45, 2.75) is 12.0 Å². The Hall–Kier alpha value is -3.42. The minimum Gasteiger partial charge on any atom is -0.497 e. The maximum Gasteiger partial charge on any atom is 0.259 e. The lowest BCUT2D eigenvalue weighted by Gasteiger charge is -2.25. The average Bonchev–Trinajstić information content (AvgIpc) is 3.00. The Kier molecular flexibility index (Phi) is 5.30. The van der Waals surface area contributed by atoms with Gasteiger partial charge in [-0.25, -0.2) is 4.99 Å². The number of nitrogens with one attached hydrogen (secondary N) is 1. The van der Waals surface area contributed by atoms with Crippen LogP contribution in [-0.4, -0.2) is 40.3 Å². The van der Waals surface area contributed by atoms with Crippen molar-refractivity contribution in [1.29, 1.82) is 0 Å². The van der Waals surface area contributed by atoms with E-state index in [1.54, 1.807) is 57.7 Å². The van der Waals surface area contributed by atoms with E-state index in [2.05, 4.69) is 10.3 Å². The van der Waals surface area contributed by atoms with Crippen LogP contribution in [0.25, 0.3) is 0 Å². The van der Waals surface area contributed by atoms with Crippen molar-refractivity contribution < 1.29 is 23.7 Å². The minimum atomic E-state index is -1.21. The topological polar surface area (TPSA) is 104 Å². The summed E-state index contributed by atoms with van der Waals surface area (Å²) in [5.74, 6) is 1.93. The zero-order valence-corrected chi connectivity index (χ0v) is 16.2. The molecular weight excluding hydrogens is 362 g/mol. The van der Waals surface area contributed by atoms with Gasteiger partial charge in [0.15, 0.2) is 23.0 Å². The lowest BCUT2D eigenvalue weighted by atomic mass is 9.84. The molecule has 0 saturated heterocycles. The quantitative estimate of drug-likeness (QED) is 0.750. The zero-order chi connectivity index (χ0) is 20.3. The molecule has 1 aliphatic heterocycles. The Morgan fingerprint density at radius 1 is 0.964 bits per heavy atom. The summed E-state index contributed by atoms with van der Waals surface area (Å²) in [4.78, 5) is 17.3. The fourth-order valence-electron chi connectivity index (χ4n) is 3.32. The second kappa shape index (κ2) is 7.67. The highest BCUT2D eigenvalue weighted by Gasteiger charge is 2.45. The van der Waals surface area contributed by atoms with E-state index >= 15 is 0 Å². The maximum atomic E-state index is 12.9. The molecule has 28 heavy (non-hydrogen) atoms. The number of hydrogen-bond acceptors (Lipinski definition) is 7. The van der Waals surface area contributed by atoms with Gasteiger partial charge in [-0.2, -0.15) is 0 Å². The van der Waals surface area contributed by atoms with Crippen molar-refractivity contribution in [2.24, 2.45) is 10.7 Å². The number of nitrogens with zero attached hydrogens (tertiary/aromatic N) is 1. The van der Waals surface area contributed by atoms with E-state index in [1.807, 2.05) is 0 Å². The molecule has 3 rings (SSSR count). The average molecular weight is 385 g/mol. The number of rotatable bonds is 7. The molecule has 0 saturated carbocycles. The summed E-state index contributed by atoms with van der Waals surface area (Å²) < 4.78 is 21.4. The van der Waals surface area contributed by atoms with Gasteiger partial charge in [-0.3, -0.25) is 10.1 Å². The van der Waals surface area contributed by atoms with Crippen molar-refractivity contribution >= 4 is 11.9 Å². The number of amides is 1. The van der Waals surface area contributed by atoms with Crippen LogP contribution in [0.1, 0.15) is 11.1 Å². The molecule has 1 aliphatic rings. The van der Waals surface area contributed by atoms with E-state index in [4.69, 9.17) is 24.7 Å². The van der Waals surface area contributed by atoms with Crippen LogP contribution in [0, 0.1) is 0 Å². The summed E-state index contributed by atoms with van der Waals surface area (Å²) in [6, 6.07) is 10.8. The molecular formula is C20H23N3O5. The van der Waals surface area contributed by atoms with Gasteiger partial charge in [-0.1, -0.05) is 12.1 Å². The highest BCUT2D eigenvalue weighted by molar-refractivity contribution is 6.07. The summed E-state index contributed by atoms with van der Waals surface area (Å²) in [6.07, 6.45) is 0.253. The summed E-state index contributed by atoms with van der Waals surface area (Å²) >= 11 is 0. The maximum absolute atomic E-state index is 12.9. The molecule has 1 amide bonds.